The number of aromatic nitrogens is 1. The van der Waals surface area contributed by atoms with E-state index < -0.39 is 5.91 Å². The van der Waals surface area contributed by atoms with Gasteiger partial charge in [0.2, 0.25) is 0 Å². The van der Waals surface area contributed by atoms with Crippen LogP contribution in [0.25, 0.3) is 0 Å². The molecule has 2 aliphatic heterocycles. The number of hydrogen-bond donors (Lipinski definition) is 1. The van der Waals surface area contributed by atoms with Crippen LogP contribution in [0, 0.1) is 5.41 Å². The number of primary amides is 1. The first-order chi connectivity index (χ1) is 14.0. The van der Waals surface area contributed by atoms with Crippen molar-refractivity contribution in [3.8, 4) is 0 Å². The molecule has 2 fully saturated rings. The molecule has 1 aromatic carbocycles. The van der Waals surface area contributed by atoms with Crippen molar-refractivity contribution in [3.63, 3.8) is 0 Å². The summed E-state index contributed by atoms with van der Waals surface area (Å²) in [6, 6.07) is 12.7. The van der Waals surface area contributed by atoms with Crippen LogP contribution >= 0.6 is 0 Å². The van der Waals surface area contributed by atoms with Crippen LogP contribution in [0.5, 0.6) is 0 Å². The van der Waals surface area contributed by atoms with Gasteiger partial charge in [0.25, 0.3) is 5.91 Å². The Bertz CT molecular complexity index is 863. The van der Waals surface area contributed by atoms with Crippen molar-refractivity contribution in [1.82, 2.24) is 9.88 Å². The normalized spacial score (nSPS) is 22.5. The monoisotopic (exact) mass is 392 g/mol. The van der Waals surface area contributed by atoms with Gasteiger partial charge in [-0.2, -0.15) is 0 Å². The van der Waals surface area contributed by atoms with Crippen LogP contribution in [-0.2, 0) is 6.54 Å². The molecule has 5 nitrogen and oxygen atoms in total. The zero-order chi connectivity index (χ0) is 20.4. The lowest BCUT2D eigenvalue weighted by molar-refractivity contribution is 0.0986. The molecule has 2 saturated heterocycles. The number of pyridine rings is 1. The van der Waals surface area contributed by atoms with Crippen molar-refractivity contribution in [2.75, 3.05) is 31.1 Å². The summed E-state index contributed by atoms with van der Waals surface area (Å²) in [5, 5.41) is 0. The van der Waals surface area contributed by atoms with Gasteiger partial charge in [0.15, 0.2) is 0 Å². The molecule has 1 unspecified atom stereocenters. The Labute approximate surface area is 173 Å². The third kappa shape index (κ3) is 4.30. The SMILES string of the molecule is CC(C)c1ccc(CN2CCCC3(CCN(c4ncccc4C(N)=O)C3)C2)cc1. The molecule has 3 heterocycles. The number of piperidine rings is 1. The minimum atomic E-state index is -0.399. The number of hydrogen-bond acceptors (Lipinski definition) is 4. The number of carbonyl (C=O) groups is 1. The standard InChI is InChI=1S/C24H32N4O/c1-18(2)20-8-6-19(7-9-20)15-27-13-4-10-24(16-27)11-14-28(17-24)23-21(22(25)29)5-3-12-26-23/h3,5-9,12,18H,4,10-11,13-17H2,1-2H3,(H2,25,29). The highest BCUT2D eigenvalue weighted by Gasteiger charge is 2.42. The maximum atomic E-state index is 11.8. The van der Waals surface area contributed by atoms with E-state index in [9.17, 15) is 4.79 Å². The molecule has 0 saturated carbocycles. The Hall–Kier alpha value is -2.40. The van der Waals surface area contributed by atoms with Gasteiger partial charge in [-0.1, -0.05) is 38.1 Å². The molecule has 5 heteroatoms. The molecule has 154 valence electrons. The number of benzene rings is 1. The van der Waals surface area contributed by atoms with E-state index in [0.29, 0.717) is 11.5 Å². The smallest absolute Gasteiger partial charge is 0.252 e. The summed E-state index contributed by atoms with van der Waals surface area (Å²) in [4.78, 5) is 21.2. The quantitative estimate of drug-likeness (QED) is 0.841. The van der Waals surface area contributed by atoms with E-state index in [2.05, 4.69) is 52.9 Å². The number of rotatable bonds is 5. The molecule has 2 N–H and O–H groups in total. The topological polar surface area (TPSA) is 62.5 Å². The molecule has 1 aromatic heterocycles. The second kappa shape index (κ2) is 8.15. The minimum absolute atomic E-state index is 0.280. The van der Waals surface area contributed by atoms with Crippen LogP contribution in [0.1, 0.15) is 60.5 Å². The first-order valence-corrected chi connectivity index (χ1v) is 10.8. The molecular weight excluding hydrogens is 360 g/mol. The average Bonchev–Trinajstić information content (AvgIpc) is 3.11. The molecule has 4 rings (SSSR count). The molecule has 2 aromatic rings. The Morgan fingerprint density at radius 2 is 1.93 bits per heavy atom. The Kier molecular flexibility index (Phi) is 5.59. The number of likely N-dealkylation sites (tertiary alicyclic amines) is 1. The summed E-state index contributed by atoms with van der Waals surface area (Å²) >= 11 is 0. The number of anilines is 1. The molecule has 0 radical (unpaired) electrons. The zero-order valence-corrected chi connectivity index (χ0v) is 17.6. The lowest BCUT2D eigenvalue weighted by atomic mass is 9.79. The average molecular weight is 393 g/mol. The Balaban J connectivity index is 1.44. The highest BCUT2D eigenvalue weighted by molar-refractivity contribution is 5.97. The van der Waals surface area contributed by atoms with Crippen molar-refractivity contribution >= 4 is 11.7 Å². The maximum absolute atomic E-state index is 11.8. The molecule has 1 atom stereocenters. The molecule has 1 spiro atoms. The second-order valence-corrected chi connectivity index (χ2v) is 9.12. The number of nitrogens with zero attached hydrogens (tertiary/aromatic N) is 3. The van der Waals surface area contributed by atoms with Crippen molar-refractivity contribution < 1.29 is 4.79 Å². The van der Waals surface area contributed by atoms with E-state index in [0.717, 1.165) is 45.0 Å². The largest absolute Gasteiger partial charge is 0.365 e. The number of nitrogens with two attached hydrogens (primary N) is 1. The fourth-order valence-corrected chi connectivity index (χ4v) is 5.00. The Morgan fingerprint density at radius 3 is 2.66 bits per heavy atom. The first kappa shape index (κ1) is 19.9. The Morgan fingerprint density at radius 1 is 1.14 bits per heavy atom. The van der Waals surface area contributed by atoms with Crippen molar-refractivity contribution in [1.29, 1.82) is 0 Å². The van der Waals surface area contributed by atoms with E-state index in [1.807, 2.05) is 0 Å². The van der Waals surface area contributed by atoms with Gasteiger partial charge in [-0.15, -0.1) is 0 Å². The van der Waals surface area contributed by atoms with Gasteiger partial charge in [-0.25, -0.2) is 4.98 Å². The molecule has 2 aliphatic rings. The second-order valence-electron chi connectivity index (χ2n) is 9.12. The molecule has 0 bridgehead atoms. The van der Waals surface area contributed by atoms with Crippen LogP contribution < -0.4 is 10.6 Å². The lowest BCUT2D eigenvalue weighted by Gasteiger charge is -2.40. The van der Waals surface area contributed by atoms with Gasteiger partial charge >= 0.3 is 0 Å². The molecule has 0 aliphatic carbocycles. The fraction of sp³-hybridized carbons (Fsp3) is 0.500. The summed E-state index contributed by atoms with van der Waals surface area (Å²) in [5.41, 5.74) is 9.18. The predicted octanol–water partition coefficient (Wildman–Crippen LogP) is 3.80. The van der Waals surface area contributed by atoms with E-state index in [4.69, 9.17) is 5.73 Å². The summed E-state index contributed by atoms with van der Waals surface area (Å²) in [7, 11) is 0. The first-order valence-electron chi connectivity index (χ1n) is 10.8. The summed E-state index contributed by atoms with van der Waals surface area (Å²) in [5.74, 6) is 0.922. The minimum Gasteiger partial charge on any atom is -0.365 e. The predicted molar refractivity (Wildman–Crippen MR) is 117 cm³/mol. The summed E-state index contributed by atoms with van der Waals surface area (Å²) in [6.45, 7) is 9.64. The van der Waals surface area contributed by atoms with E-state index in [-0.39, 0.29) is 5.41 Å². The highest BCUT2D eigenvalue weighted by Crippen LogP contribution is 2.41. The van der Waals surface area contributed by atoms with Gasteiger partial charge in [0.05, 0.1) is 5.56 Å². The van der Waals surface area contributed by atoms with Gasteiger partial charge in [0.1, 0.15) is 5.82 Å². The van der Waals surface area contributed by atoms with Crippen LogP contribution in [0.15, 0.2) is 42.6 Å². The van der Waals surface area contributed by atoms with Crippen molar-refractivity contribution in [2.45, 2.75) is 45.6 Å². The highest BCUT2D eigenvalue weighted by atomic mass is 16.1. The van der Waals surface area contributed by atoms with Crippen LogP contribution in [0.3, 0.4) is 0 Å². The molecule has 1 amide bonds. The van der Waals surface area contributed by atoms with E-state index in [1.54, 1.807) is 18.3 Å². The van der Waals surface area contributed by atoms with Crippen molar-refractivity contribution in [2.24, 2.45) is 11.1 Å². The van der Waals surface area contributed by atoms with E-state index >= 15 is 0 Å². The third-order valence-corrected chi connectivity index (χ3v) is 6.58. The van der Waals surface area contributed by atoms with Crippen LogP contribution in [0.2, 0.25) is 0 Å². The lowest BCUT2D eigenvalue weighted by Crippen LogP contribution is -2.44. The summed E-state index contributed by atoms with van der Waals surface area (Å²) < 4.78 is 0. The fourth-order valence-electron chi connectivity index (χ4n) is 5.00. The van der Waals surface area contributed by atoms with Gasteiger partial charge in [-0.3, -0.25) is 9.69 Å². The van der Waals surface area contributed by atoms with Gasteiger partial charge in [0, 0.05) is 37.8 Å². The van der Waals surface area contributed by atoms with Gasteiger partial charge in [-0.05, 0) is 55.0 Å². The molecule has 29 heavy (non-hydrogen) atoms. The van der Waals surface area contributed by atoms with Gasteiger partial charge < -0.3 is 10.6 Å². The number of carbonyl (C=O) groups excluding carboxylic acids is 1. The summed E-state index contributed by atoms with van der Waals surface area (Å²) in [6.07, 6.45) is 5.36. The van der Waals surface area contributed by atoms with Crippen LogP contribution in [0.4, 0.5) is 5.82 Å². The molecular formula is C24H32N4O. The third-order valence-electron chi connectivity index (χ3n) is 6.58. The van der Waals surface area contributed by atoms with E-state index in [1.165, 1.54) is 24.0 Å². The zero-order valence-electron chi connectivity index (χ0n) is 17.6. The maximum Gasteiger partial charge on any atom is 0.252 e. The van der Waals surface area contributed by atoms with Crippen molar-refractivity contribution in [3.05, 3.63) is 59.3 Å². The van der Waals surface area contributed by atoms with Crippen LogP contribution in [-0.4, -0.2) is 42.0 Å². The number of amides is 1.